The first-order chi connectivity index (χ1) is 16.3. The van der Waals surface area contributed by atoms with Gasteiger partial charge in [0.1, 0.15) is 5.75 Å². The van der Waals surface area contributed by atoms with Gasteiger partial charge in [-0.3, -0.25) is 14.5 Å². The van der Waals surface area contributed by atoms with Crippen molar-refractivity contribution in [1.82, 2.24) is 14.9 Å². The molecule has 1 aliphatic rings. The number of piperidine rings is 1. The molecule has 1 aliphatic heterocycles. The molecule has 34 heavy (non-hydrogen) atoms. The van der Waals surface area contributed by atoms with Gasteiger partial charge in [-0.25, -0.2) is 13.1 Å². The zero-order valence-corrected chi connectivity index (χ0v) is 20.6. The van der Waals surface area contributed by atoms with E-state index in [4.69, 9.17) is 4.74 Å². The van der Waals surface area contributed by atoms with Gasteiger partial charge < -0.3 is 10.1 Å². The number of nitrogens with zero attached hydrogens (tertiary/aromatic N) is 1. The maximum absolute atomic E-state index is 12.5. The summed E-state index contributed by atoms with van der Waals surface area (Å²) in [7, 11) is -2.13. The van der Waals surface area contributed by atoms with Gasteiger partial charge >= 0.3 is 0 Å². The quantitative estimate of drug-likeness (QED) is 0.472. The van der Waals surface area contributed by atoms with Crippen LogP contribution in [0.1, 0.15) is 54.6 Å². The molecule has 0 spiro atoms. The molecular formula is C25H33N3O5S. The summed E-state index contributed by atoms with van der Waals surface area (Å²) in [6.45, 7) is 3.82. The zero-order valence-electron chi connectivity index (χ0n) is 19.7. The van der Waals surface area contributed by atoms with E-state index in [0.717, 1.165) is 37.2 Å². The lowest BCUT2D eigenvalue weighted by atomic mass is 10.0. The van der Waals surface area contributed by atoms with Gasteiger partial charge in [0, 0.05) is 25.1 Å². The van der Waals surface area contributed by atoms with E-state index in [9.17, 15) is 18.0 Å². The molecule has 3 rings (SSSR count). The summed E-state index contributed by atoms with van der Waals surface area (Å²) >= 11 is 0. The fourth-order valence-corrected chi connectivity index (χ4v) is 5.10. The van der Waals surface area contributed by atoms with Crippen molar-refractivity contribution in [2.45, 2.75) is 43.5 Å². The average Bonchev–Trinajstić information content (AvgIpc) is 2.85. The molecule has 2 aromatic carbocycles. The Morgan fingerprint density at radius 1 is 1.00 bits per heavy atom. The number of hydrogen-bond acceptors (Lipinski definition) is 6. The van der Waals surface area contributed by atoms with Gasteiger partial charge in [0.2, 0.25) is 15.9 Å². The number of benzene rings is 2. The van der Waals surface area contributed by atoms with E-state index in [2.05, 4.69) is 14.9 Å². The molecule has 8 nitrogen and oxygen atoms in total. The van der Waals surface area contributed by atoms with E-state index < -0.39 is 10.0 Å². The summed E-state index contributed by atoms with van der Waals surface area (Å²) in [4.78, 5) is 26.3. The lowest BCUT2D eigenvalue weighted by Crippen LogP contribution is -2.41. The molecule has 9 heteroatoms. The molecule has 0 radical (unpaired) electrons. The molecule has 184 valence electrons. The van der Waals surface area contributed by atoms with Crippen molar-refractivity contribution in [1.29, 1.82) is 0 Å². The summed E-state index contributed by atoms with van der Waals surface area (Å²) in [5.74, 6) is 0.435. The molecule has 2 N–H and O–H groups in total. The molecule has 0 bridgehead atoms. The Hall–Kier alpha value is -2.75. The Labute approximate surface area is 201 Å². The van der Waals surface area contributed by atoms with E-state index in [1.807, 2.05) is 24.3 Å². The lowest BCUT2D eigenvalue weighted by molar-refractivity contribution is -0.121. The number of hydrogen-bond donors (Lipinski definition) is 2. The van der Waals surface area contributed by atoms with E-state index in [0.29, 0.717) is 12.1 Å². The van der Waals surface area contributed by atoms with Crippen LogP contribution in [0.2, 0.25) is 0 Å². The van der Waals surface area contributed by atoms with Crippen molar-refractivity contribution in [3.63, 3.8) is 0 Å². The molecule has 0 saturated carbocycles. The van der Waals surface area contributed by atoms with Crippen molar-refractivity contribution in [2.75, 3.05) is 33.3 Å². The third-order valence-corrected chi connectivity index (χ3v) is 7.52. The summed E-state index contributed by atoms with van der Waals surface area (Å²) in [5, 5.41) is 2.97. The Bertz CT molecular complexity index is 1060. The Balaban J connectivity index is 1.54. The normalized spacial score (nSPS) is 15.5. The molecule has 1 unspecified atom stereocenters. The van der Waals surface area contributed by atoms with Crippen LogP contribution in [0.5, 0.6) is 5.75 Å². The molecule has 1 heterocycles. The van der Waals surface area contributed by atoms with Crippen LogP contribution in [0.4, 0.5) is 0 Å². The van der Waals surface area contributed by atoms with Gasteiger partial charge in [-0.2, -0.15) is 0 Å². The van der Waals surface area contributed by atoms with Crippen LogP contribution in [-0.4, -0.2) is 58.3 Å². The fourth-order valence-electron chi connectivity index (χ4n) is 4.06. The molecule has 2 aromatic rings. The molecule has 1 fully saturated rings. The summed E-state index contributed by atoms with van der Waals surface area (Å²) in [6, 6.07) is 13.7. The second-order valence-electron chi connectivity index (χ2n) is 8.42. The van der Waals surface area contributed by atoms with Gasteiger partial charge in [0.05, 0.1) is 18.0 Å². The Morgan fingerprint density at radius 2 is 1.65 bits per heavy atom. The second kappa shape index (κ2) is 12.1. The third-order valence-electron chi connectivity index (χ3n) is 6.04. The van der Waals surface area contributed by atoms with Crippen molar-refractivity contribution in [3.8, 4) is 5.75 Å². The fraction of sp³-hybridized carbons (Fsp3) is 0.440. The second-order valence-corrected chi connectivity index (χ2v) is 10.2. The van der Waals surface area contributed by atoms with Crippen LogP contribution in [0.25, 0.3) is 0 Å². The number of carbonyl (C=O) groups is 2. The molecular weight excluding hydrogens is 454 g/mol. The van der Waals surface area contributed by atoms with E-state index in [1.54, 1.807) is 7.11 Å². The summed E-state index contributed by atoms with van der Waals surface area (Å²) in [6.07, 6.45) is 3.52. The highest BCUT2D eigenvalue weighted by molar-refractivity contribution is 7.89. The van der Waals surface area contributed by atoms with E-state index in [-0.39, 0.29) is 35.6 Å². The van der Waals surface area contributed by atoms with Gasteiger partial charge in [-0.15, -0.1) is 0 Å². The van der Waals surface area contributed by atoms with Gasteiger partial charge in [-0.1, -0.05) is 30.7 Å². The van der Waals surface area contributed by atoms with E-state index in [1.165, 1.54) is 37.6 Å². The molecule has 1 atom stereocenters. The molecule has 1 amide bonds. The highest BCUT2D eigenvalue weighted by Gasteiger charge is 2.23. The van der Waals surface area contributed by atoms with Crippen molar-refractivity contribution >= 4 is 21.7 Å². The molecule has 0 aromatic heterocycles. The number of Topliss-reactive ketones (excluding diaryl/α,β-unsaturated/α-hetero) is 1. The zero-order chi connectivity index (χ0) is 24.6. The van der Waals surface area contributed by atoms with Crippen LogP contribution < -0.4 is 14.8 Å². The maximum atomic E-state index is 12.5. The monoisotopic (exact) mass is 487 g/mol. The van der Waals surface area contributed by atoms with Crippen LogP contribution in [-0.2, 0) is 14.8 Å². The Kier molecular flexibility index (Phi) is 9.20. The van der Waals surface area contributed by atoms with Crippen LogP contribution in [0, 0.1) is 0 Å². The molecule has 1 saturated heterocycles. The average molecular weight is 488 g/mol. The lowest BCUT2D eigenvalue weighted by Gasteiger charge is -2.35. The first kappa shape index (κ1) is 25.9. The number of carbonyl (C=O) groups excluding carboxylic acids is 2. The number of ether oxygens (including phenoxy) is 1. The Morgan fingerprint density at radius 3 is 2.24 bits per heavy atom. The van der Waals surface area contributed by atoms with Gasteiger partial charge in [0.25, 0.3) is 0 Å². The van der Waals surface area contributed by atoms with Crippen molar-refractivity contribution in [2.24, 2.45) is 0 Å². The number of amides is 1. The summed E-state index contributed by atoms with van der Waals surface area (Å²) < 4.78 is 32.6. The minimum Gasteiger partial charge on any atom is -0.497 e. The SMILES string of the molecule is COc1ccc(C(CNC(=O)CCNS(=O)(=O)c2ccc(C(C)=O)cc2)N2CCCCC2)cc1. The minimum atomic E-state index is -3.76. The largest absolute Gasteiger partial charge is 0.497 e. The predicted molar refractivity (Wildman–Crippen MR) is 130 cm³/mol. The highest BCUT2D eigenvalue weighted by atomic mass is 32.2. The maximum Gasteiger partial charge on any atom is 0.240 e. The summed E-state index contributed by atoms with van der Waals surface area (Å²) in [5.41, 5.74) is 1.55. The van der Waals surface area contributed by atoms with Crippen molar-refractivity contribution in [3.05, 3.63) is 59.7 Å². The van der Waals surface area contributed by atoms with Gasteiger partial charge in [0.15, 0.2) is 5.78 Å². The van der Waals surface area contributed by atoms with Crippen LogP contribution in [0.3, 0.4) is 0 Å². The van der Waals surface area contributed by atoms with Gasteiger partial charge in [-0.05, 0) is 62.7 Å². The number of ketones is 1. The first-order valence-corrected chi connectivity index (χ1v) is 13.0. The van der Waals surface area contributed by atoms with Crippen LogP contribution >= 0.6 is 0 Å². The number of nitrogens with one attached hydrogen (secondary N) is 2. The smallest absolute Gasteiger partial charge is 0.240 e. The number of sulfonamides is 1. The minimum absolute atomic E-state index is 0.0143. The highest BCUT2D eigenvalue weighted by Crippen LogP contribution is 2.26. The third kappa shape index (κ3) is 7.12. The standard InChI is InChI=1S/C25H33N3O5S/c1-19(29)20-8-12-23(13-9-20)34(31,32)27-15-14-25(30)26-18-24(28-16-4-3-5-17-28)21-6-10-22(33-2)11-7-21/h6-13,24,27H,3-5,14-18H2,1-2H3,(H,26,30). The number of likely N-dealkylation sites (tertiary alicyclic amines) is 1. The number of methoxy groups -OCH3 is 1. The first-order valence-electron chi connectivity index (χ1n) is 11.6. The number of rotatable bonds is 11. The van der Waals surface area contributed by atoms with E-state index >= 15 is 0 Å². The van der Waals surface area contributed by atoms with Crippen molar-refractivity contribution < 1.29 is 22.7 Å². The molecule has 0 aliphatic carbocycles. The van der Waals surface area contributed by atoms with Crippen LogP contribution in [0.15, 0.2) is 53.4 Å². The predicted octanol–water partition coefficient (Wildman–Crippen LogP) is 2.91. The topological polar surface area (TPSA) is 105 Å².